The zero-order valence-electron chi connectivity index (χ0n) is 10.8. The van der Waals surface area contributed by atoms with Gasteiger partial charge in [-0.25, -0.2) is 0 Å². The lowest BCUT2D eigenvalue weighted by molar-refractivity contribution is 0.109. The summed E-state index contributed by atoms with van der Waals surface area (Å²) in [5.41, 5.74) is 3.84. The van der Waals surface area contributed by atoms with E-state index in [2.05, 4.69) is 39.8 Å². The second-order valence-electron chi connectivity index (χ2n) is 5.95. The Morgan fingerprint density at radius 2 is 1.94 bits per heavy atom. The molecule has 2 aliphatic heterocycles. The van der Waals surface area contributed by atoms with E-state index in [0.717, 1.165) is 5.75 Å². The lowest BCUT2D eigenvalue weighted by Gasteiger charge is -2.22. The van der Waals surface area contributed by atoms with E-state index in [1.54, 1.807) is 6.26 Å². The van der Waals surface area contributed by atoms with Crippen molar-refractivity contribution in [1.29, 1.82) is 0 Å². The molecule has 0 aliphatic carbocycles. The summed E-state index contributed by atoms with van der Waals surface area (Å²) in [7, 11) is 0. The molecule has 90 valence electrons. The van der Waals surface area contributed by atoms with Crippen molar-refractivity contribution in [2.75, 3.05) is 0 Å². The lowest BCUT2D eigenvalue weighted by atomic mass is 9.84. The maximum absolute atomic E-state index is 6.03. The Labute approximate surface area is 102 Å². The van der Waals surface area contributed by atoms with Gasteiger partial charge in [0.15, 0.2) is 12.2 Å². The highest BCUT2D eigenvalue weighted by Gasteiger charge is 2.40. The third-order valence-electron chi connectivity index (χ3n) is 3.42. The molecule has 17 heavy (non-hydrogen) atoms. The van der Waals surface area contributed by atoms with E-state index in [9.17, 15) is 0 Å². The summed E-state index contributed by atoms with van der Waals surface area (Å²) in [6.45, 7) is 8.79. The van der Waals surface area contributed by atoms with Crippen LogP contribution in [-0.4, -0.2) is 6.10 Å². The van der Waals surface area contributed by atoms with Crippen LogP contribution in [0.3, 0.4) is 0 Å². The first kappa shape index (κ1) is 10.7. The fourth-order valence-electron chi connectivity index (χ4n) is 2.57. The minimum atomic E-state index is 0.0611. The number of hydrogen-bond acceptors (Lipinski definition) is 2. The molecule has 2 atom stereocenters. The van der Waals surface area contributed by atoms with Crippen LogP contribution in [0.4, 0.5) is 0 Å². The molecule has 0 radical (unpaired) electrons. The standard InChI is InChI=1S/C15H18O2/c1-9-7-10-13(11(8-9)15(2,3)4)17-12-5-6-16-14(10)12/h5-8,12,14H,1-4H3/t12-,14-/m1/s1. The monoisotopic (exact) mass is 230 g/mol. The maximum Gasteiger partial charge on any atom is 0.167 e. The van der Waals surface area contributed by atoms with Gasteiger partial charge >= 0.3 is 0 Å². The first-order chi connectivity index (χ1) is 7.97. The topological polar surface area (TPSA) is 18.5 Å². The Balaban J connectivity index is 2.17. The molecule has 2 aliphatic rings. The Hall–Kier alpha value is -1.44. The summed E-state index contributed by atoms with van der Waals surface area (Å²) in [5, 5.41) is 0. The van der Waals surface area contributed by atoms with Crippen molar-refractivity contribution < 1.29 is 9.47 Å². The van der Waals surface area contributed by atoms with Crippen LogP contribution in [0, 0.1) is 6.92 Å². The second-order valence-corrected chi connectivity index (χ2v) is 5.95. The van der Waals surface area contributed by atoms with E-state index in [1.807, 2.05) is 6.08 Å². The number of fused-ring (bicyclic) bond motifs is 3. The number of aryl methyl sites for hydroxylation is 1. The van der Waals surface area contributed by atoms with E-state index in [4.69, 9.17) is 9.47 Å². The second kappa shape index (κ2) is 3.28. The normalized spacial score (nSPS) is 25.2. The Kier molecular flexibility index (Phi) is 2.07. The van der Waals surface area contributed by atoms with Crippen LogP contribution in [-0.2, 0) is 10.2 Å². The van der Waals surface area contributed by atoms with Gasteiger partial charge in [-0.1, -0.05) is 32.4 Å². The Bertz CT molecular complexity index is 494. The van der Waals surface area contributed by atoms with Crippen molar-refractivity contribution in [3.8, 4) is 5.75 Å². The van der Waals surface area contributed by atoms with Crippen LogP contribution < -0.4 is 4.74 Å². The van der Waals surface area contributed by atoms with Crippen LogP contribution in [0.2, 0.25) is 0 Å². The quantitative estimate of drug-likeness (QED) is 0.677. The lowest BCUT2D eigenvalue weighted by Crippen LogP contribution is -2.14. The van der Waals surface area contributed by atoms with Crippen molar-refractivity contribution in [2.45, 2.75) is 45.3 Å². The van der Waals surface area contributed by atoms with Crippen LogP contribution >= 0.6 is 0 Å². The average Bonchev–Trinajstić information content (AvgIpc) is 2.76. The molecule has 0 fully saturated rings. The highest BCUT2D eigenvalue weighted by Crippen LogP contribution is 2.47. The predicted molar refractivity (Wildman–Crippen MR) is 67.3 cm³/mol. The van der Waals surface area contributed by atoms with E-state index >= 15 is 0 Å². The molecular formula is C15H18O2. The summed E-state index contributed by atoms with van der Waals surface area (Å²) in [4.78, 5) is 0. The van der Waals surface area contributed by atoms with Gasteiger partial charge in [-0.05, 0) is 24.5 Å². The number of benzene rings is 1. The van der Waals surface area contributed by atoms with E-state index in [0.29, 0.717) is 0 Å². The highest BCUT2D eigenvalue weighted by molar-refractivity contribution is 5.52. The Morgan fingerprint density at radius 3 is 2.65 bits per heavy atom. The summed E-state index contributed by atoms with van der Waals surface area (Å²) in [6.07, 6.45) is 3.86. The van der Waals surface area contributed by atoms with Gasteiger partial charge in [-0.2, -0.15) is 0 Å². The summed E-state index contributed by atoms with van der Waals surface area (Å²) in [6, 6.07) is 4.41. The van der Waals surface area contributed by atoms with E-state index in [-0.39, 0.29) is 17.6 Å². The van der Waals surface area contributed by atoms with Crippen molar-refractivity contribution in [1.82, 2.24) is 0 Å². The van der Waals surface area contributed by atoms with Gasteiger partial charge in [0.1, 0.15) is 5.75 Å². The van der Waals surface area contributed by atoms with Crippen LogP contribution in [0.25, 0.3) is 0 Å². The smallest absolute Gasteiger partial charge is 0.167 e. The SMILES string of the molecule is Cc1cc2c(c(C(C)(C)C)c1)O[C@@H]1C=CO[C@H]21. The molecule has 0 bridgehead atoms. The van der Waals surface area contributed by atoms with Gasteiger partial charge in [0, 0.05) is 11.1 Å². The molecule has 0 saturated carbocycles. The van der Waals surface area contributed by atoms with Gasteiger partial charge in [0.25, 0.3) is 0 Å². The maximum atomic E-state index is 6.03. The van der Waals surface area contributed by atoms with Crippen LogP contribution in [0.15, 0.2) is 24.5 Å². The van der Waals surface area contributed by atoms with E-state index in [1.165, 1.54) is 16.7 Å². The number of ether oxygens (including phenoxy) is 2. The van der Waals surface area contributed by atoms with Gasteiger partial charge in [-0.15, -0.1) is 0 Å². The molecule has 2 nitrogen and oxygen atoms in total. The number of rotatable bonds is 0. The largest absolute Gasteiger partial charge is 0.489 e. The zero-order chi connectivity index (χ0) is 12.2. The molecule has 0 saturated heterocycles. The molecule has 2 heteroatoms. The molecule has 2 heterocycles. The molecule has 3 rings (SSSR count). The van der Waals surface area contributed by atoms with Crippen molar-refractivity contribution >= 4 is 0 Å². The fraction of sp³-hybridized carbons (Fsp3) is 0.467. The molecule has 1 aromatic carbocycles. The molecule has 0 unspecified atom stereocenters. The fourth-order valence-corrected chi connectivity index (χ4v) is 2.57. The van der Waals surface area contributed by atoms with Crippen molar-refractivity contribution in [2.24, 2.45) is 0 Å². The Morgan fingerprint density at radius 1 is 1.18 bits per heavy atom. The third-order valence-corrected chi connectivity index (χ3v) is 3.42. The molecule has 1 aromatic rings. The van der Waals surface area contributed by atoms with Crippen molar-refractivity contribution in [3.63, 3.8) is 0 Å². The predicted octanol–water partition coefficient (Wildman–Crippen LogP) is 3.64. The van der Waals surface area contributed by atoms with Gasteiger partial charge in [0.05, 0.1) is 6.26 Å². The van der Waals surface area contributed by atoms with Gasteiger partial charge in [0.2, 0.25) is 0 Å². The highest BCUT2D eigenvalue weighted by atomic mass is 16.6. The first-order valence-electron chi connectivity index (χ1n) is 6.10. The summed E-state index contributed by atoms with van der Waals surface area (Å²) >= 11 is 0. The summed E-state index contributed by atoms with van der Waals surface area (Å²) < 4.78 is 11.7. The van der Waals surface area contributed by atoms with Gasteiger partial charge < -0.3 is 9.47 Å². The third kappa shape index (κ3) is 1.54. The van der Waals surface area contributed by atoms with E-state index < -0.39 is 0 Å². The minimum Gasteiger partial charge on any atom is -0.489 e. The van der Waals surface area contributed by atoms with Crippen LogP contribution in [0.1, 0.15) is 43.6 Å². The number of hydrogen-bond donors (Lipinski definition) is 0. The molecule has 0 N–H and O–H groups in total. The van der Waals surface area contributed by atoms with Crippen molar-refractivity contribution in [3.05, 3.63) is 41.2 Å². The van der Waals surface area contributed by atoms with Gasteiger partial charge in [-0.3, -0.25) is 0 Å². The molecule has 0 aromatic heterocycles. The first-order valence-corrected chi connectivity index (χ1v) is 6.10. The average molecular weight is 230 g/mol. The molecular weight excluding hydrogens is 212 g/mol. The zero-order valence-corrected chi connectivity index (χ0v) is 10.8. The molecule has 0 amide bonds. The molecule has 0 spiro atoms. The van der Waals surface area contributed by atoms with Crippen LogP contribution in [0.5, 0.6) is 5.75 Å². The minimum absolute atomic E-state index is 0.0611. The summed E-state index contributed by atoms with van der Waals surface area (Å²) in [5.74, 6) is 1.03.